The Morgan fingerprint density at radius 1 is 1.00 bits per heavy atom. The van der Waals surface area contributed by atoms with Crippen LogP contribution < -0.4 is 11.1 Å². The van der Waals surface area contributed by atoms with Crippen LogP contribution in [0.4, 0.5) is 5.82 Å². The van der Waals surface area contributed by atoms with Gasteiger partial charge in [-0.1, -0.05) is 77.0 Å². The second-order valence-electron chi connectivity index (χ2n) is 10.5. The van der Waals surface area contributed by atoms with Gasteiger partial charge in [-0.05, 0) is 32.1 Å². The molecule has 0 radical (unpaired) electrons. The molecule has 172 valence electrons. The van der Waals surface area contributed by atoms with Gasteiger partial charge in [0.15, 0.2) is 5.65 Å². The van der Waals surface area contributed by atoms with Gasteiger partial charge in [0.05, 0.1) is 11.9 Å². The van der Waals surface area contributed by atoms with Gasteiger partial charge in [0.25, 0.3) is 0 Å². The molecule has 2 aliphatic carbocycles. The van der Waals surface area contributed by atoms with Crippen LogP contribution in [0.15, 0.2) is 18.3 Å². The van der Waals surface area contributed by atoms with Gasteiger partial charge in [-0.3, -0.25) is 0 Å². The number of hydrogen-bond acceptors (Lipinski definition) is 4. The lowest BCUT2D eigenvalue weighted by molar-refractivity contribution is 0.289. The molecular formula is C26H43N5. The van der Waals surface area contributed by atoms with Crippen molar-refractivity contribution in [1.82, 2.24) is 14.6 Å². The highest BCUT2D eigenvalue weighted by Crippen LogP contribution is 2.37. The Morgan fingerprint density at radius 2 is 1.68 bits per heavy atom. The molecule has 0 aliphatic heterocycles. The van der Waals surface area contributed by atoms with E-state index in [1.165, 1.54) is 89.2 Å². The summed E-state index contributed by atoms with van der Waals surface area (Å²) in [5.74, 6) is 2.17. The van der Waals surface area contributed by atoms with E-state index in [2.05, 4.69) is 23.4 Å². The van der Waals surface area contributed by atoms with E-state index < -0.39 is 0 Å². The minimum Gasteiger partial charge on any atom is -0.370 e. The normalized spacial score (nSPS) is 27.1. The van der Waals surface area contributed by atoms with Gasteiger partial charge in [-0.25, -0.2) is 9.50 Å². The number of anilines is 1. The fourth-order valence-electron chi connectivity index (χ4n) is 5.88. The molecular weight excluding hydrogens is 382 g/mol. The number of nitrogens with one attached hydrogen (secondary N) is 1. The summed E-state index contributed by atoms with van der Waals surface area (Å²) in [7, 11) is 0. The molecule has 0 bridgehead atoms. The van der Waals surface area contributed by atoms with Gasteiger partial charge in [-0.2, -0.15) is 5.10 Å². The highest BCUT2D eigenvalue weighted by atomic mass is 15.3. The number of rotatable bonds is 5. The number of hydrogen-bond donors (Lipinski definition) is 2. The Balaban J connectivity index is 1.47. The van der Waals surface area contributed by atoms with Gasteiger partial charge < -0.3 is 11.1 Å². The second-order valence-corrected chi connectivity index (χ2v) is 10.5. The number of nitrogens with zero attached hydrogens (tertiary/aromatic N) is 3. The molecule has 4 rings (SSSR count). The van der Waals surface area contributed by atoms with E-state index >= 15 is 0 Å². The van der Waals surface area contributed by atoms with E-state index in [1.54, 1.807) is 0 Å². The standard InChI is InChI=1S/C26H43N5/c1-26(27)17-11-7-6-10-14-22(26)23-20-24(30-25-16-19-29-31(23)25)28-18-15-21-12-8-4-2-3-5-9-13-21/h16,19-22H,2-15,17-18,27H2,1H3,(H,28,30). The van der Waals surface area contributed by atoms with Crippen molar-refractivity contribution in [2.24, 2.45) is 11.7 Å². The van der Waals surface area contributed by atoms with Gasteiger partial charge in [0, 0.05) is 30.1 Å². The highest BCUT2D eigenvalue weighted by Gasteiger charge is 2.34. The van der Waals surface area contributed by atoms with Crippen molar-refractivity contribution < 1.29 is 0 Å². The molecule has 2 unspecified atom stereocenters. The lowest BCUT2D eigenvalue weighted by atomic mass is 9.75. The maximum absolute atomic E-state index is 6.89. The average Bonchev–Trinajstić information content (AvgIpc) is 3.25. The van der Waals surface area contributed by atoms with Crippen LogP contribution in [0.5, 0.6) is 0 Å². The van der Waals surface area contributed by atoms with Crippen molar-refractivity contribution >= 4 is 11.5 Å². The molecule has 5 heteroatoms. The molecule has 3 N–H and O–H groups in total. The first kappa shape index (κ1) is 22.6. The zero-order valence-electron chi connectivity index (χ0n) is 19.6. The van der Waals surface area contributed by atoms with Crippen LogP contribution in [0.2, 0.25) is 0 Å². The lowest BCUT2D eigenvalue weighted by Crippen LogP contribution is -2.44. The Morgan fingerprint density at radius 3 is 2.45 bits per heavy atom. The molecule has 5 nitrogen and oxygen atoms in total. The van der Waals surface area contributed by atoms with E-state index in [1.807, 2.05) is 16.8 Å². The van der Waals surface area contributed by atoms with Crippen LogP contribution in [0.25, 0.3) is 5.65 Å². The van der Waals surface area contributed by atoms with Crippen molar-refractivity contribution in [3.63, 3.8) is 0 Å². The monoisotopic (exact) mass is 425 g/mol. The van der Waals surface area contributed by atoms with Crippen LogP contribution in [-0.4, -0.2) is 26.7 Å². The van der Waals surface area contributed by atoms with Gasteiger partial charge in [0.2, 0.25) is 0 Å². The maximum Gasteiger partial charge on any atom is 0.157 e. The first-order valence-corrected chi connectivity index (χ1v) is 13.0. The quantitative estimate of drug-likeness (QED) is 0.578. The molecule has 0 saturated heterocycles. The summed E-state index contributed by atoms with van der Waals surface area (Å²) in [6.45, 7) is 3.25. The molecule has 2 aliphatic rings. The van der Waals surface area contributed by atoms with Crippen molar-refractivity contribution in [1.29, 1.82) is 0 Å². The number of nitrogens with two attached hydrogens (primary N) is 1. The summed E-state index contributed by atoms with van der Waals surface area (Å²) in [4.78, 5) is 4.86. The first-order valence-electron chi connectivity index (χ1n) is 13.0. The Labute approximate surface area is 188 Å². The van der Waals surface area contributed by atoms with E-state index in [4.69, 9.17) is 10.7 Å². The minimum absolute atomic E-state index is 0.199. The van der Waals surface area contributed by atoms with Crippen molar-refractivity contribution in [3.05, 3.63) is 24.0 Å². The van der Waals surface area contributed by atoms with Crippen LogP contribution in [0.1, 0.15) is 115 Å². The summed E-state index contributed by atoms with van der Waals surface area (Å²) in [5.41, 5.74) is 8.85. The van der Waals surface area contributed by atoms with Crippen LogP contribution in [-0.2, 0) is 0 Å². The molecule has 2 heterocycles. The molecule has 0 spiro atoms. The van der Waals surface area contributed by atoms with Crippen molar-refractivity contribution in [2.75, 3.05) is 11.9 Å². The molecule has 2 atom stereocenters. The summed E-state index contributed by atoms with van der Waals surface area (Å²) in [6, 6.07) is 4.25. The van der Waals surface area contributed by atoms with E-state index in [0.717, 1.165) is 36.8 Å². The molecule has 2 fully saturated rings. The predicted molar refractivity (Wildman–Crippen MR) is 130 cm³/mol. The van der Waals surface area contributed by atoms with E-state index in [9.17, 15) is 0 Å². The van der Waals surface area contributed by atoms with Crippen LogP contribution >= 0.6 is 0 Å². The zero-order chi connectivity index (χ0) is 21.5. The predicted octanol–water partition coefficient (Wildman–Crippen LogP) is 6.44. The molecule has 0 aromatic carbocycles. The Kier molecular flexibility index (Phi) is 7.86. The number of aromatic nitrogens is 3. The van der Waals surface area contributed by atoms with E-state index in [0.29, 0.717) is 5.92 Å². The van der Waals surface area contributed by atoms with Gasteiger partial charge >= 0.3 is 0 Å². The summed E-state index contributed by atoms with van der Waals surface area (Å²) >= 11 is 0. The third-order valence-electron chi connectivity index (χ3n) is 7.83. The van der Waals surface area contributed by atoms with Gasteiger partial charge in [-0.15, -0.1) is 0 Å². The number of fused-ring (bicyclic) bond motifs is 1. The third-order valence-corrected chi connectivity index (χ3v) is 7.83. The van der Waals surface area contributed by atoms with Crippen molar-refractivity contribution in [2.45, 2.75) is 115 Å². The molecule has 0 amide bonds. The van der Waals surface area contributed by atoms with E-state index in [-0.39, 0.29) is 5.54 Å². The fraction of sp³-hybridized carbons (Fsp3) is 0.769. The molecule has 2 aromatic rings. The SMILES string of the molecule is CC1(N)CCCCCCC1c1cc(NCCC2CCCCCCCC2)nc2ccnn12. The van der Waals surface area contributed by atoms with Crippen LogP contribution in [0.3, 0.4) is 0 Å². The second kappa shape index (κ2) is 10.8. The zero-order valence-corrected chi connectivity index (χ0v) is 19.6. The third kappa shape index (κ3) is 6.00. The summed E-state index contributed by atoms with van der Waals surface area (Å²) in [6.07, 6.45) is 21.7. The van der Waals surface area contributed by atoms with Crippen molar-refractivity contribution in [3.8, 4) is 0 Å². The Hall–Kier alpha value is -1.62. The first-order chi connectivity index (χ1) is 15.1. The highest BCUT2D eigenvalue weighted by molar-refractivity contribution is 5.49. The topological polar surface area (TPSA) is 68.2 Å². The minimum atomic E-state index is -0.199. The summed E-state index contributed by atoms with van der Waals surface area (Å²) < 4.78 is 2.03. The smallest absolute Gasteiger partial charge is 0.157 e. The maximum atomic E-state index is 6.89. The van der Waals surface area contributed by atoms with Gasteiger partial charge in [0.1, 0.15) is 5.82 Å². The average molecular weight is 426 g/mol. The molecule has 2 aromatic heterocycles. The molecule has 31 heavy (non-hydrogen) atoms. The fourth-order valence-corrected chi connectivity index (χ4v) is 5.88. The molecule has 2 saturated carbocycles. The largest absolute Gasteiger partial charge is 0.370 e. The lowest BCUT2D eigenvalue weighted by Gasteiger charge is -2.36. The summed E-state index contributed by atoms with van der Waals surface area (Å²) in [5, 5.41) is 8.27. The van der Waals surface area contributed by atoms with Crippen LogP contribution in [0, 0.1) is 5.92 Å². The Bertz CT molecular complexity index is 801.